The summed E-state index contributed by atoms with van der Waals surface area (Å²) in [5.41, 5.74) is 0.623. The topological polar surface area (TPSA) is 83.6 Å². The molecular weight excluding hydrogens is 251 g/mol. The fraction of sp³-hybridized carbons (Fsp3) is 0.333. The molecule has 96 valence electrons. The zero-order valence-corrected chi connectivity index (χ0v) is 9.17. The molecule has 6 nitrogen and oxygen atoms in total. The Balaban J connectivity index is 2.18. The number of aromatic amines is 1. The lowest BCUT2D eigenvalue weighted by Gasteiger charge is -2.06. The molecule has 18 heavy (non-hydrogen) atoms. The largest absolute Gasteiger partial charge is 0.405 e. The van der Waals surface area contributed by atoms with Gasteiger partial charge in [0.15, 0.2) is 11.5 Å². The molecule has 9 heteroatoms. The molecule has 2 aromatic heterocycles. The number of nitrogens with zero attached hydrogens (tertiary/aromatic N) is 3. The highest BCUT2D eigenvalue weighted by Crippen LogP contribution is 2.13. The number of aryl methyl sites for hydroxylation is 1. The third-order valence-corrected chi connectivity index (χ3v) is 2.02. The van der Waals surface area contributed by atoms with Crippen LogP contribution in [0.25, 0.3) is 11.2 Å². The van der Waals surface area contributed by atoms with Gasteiger partial charge in [-0.1, -0.05) is 0 Å². The summed E-state index contributed by atoms with van der Waals surface area (Å²) in [5, 5.41) is 1.71. The lowest BCUT2D eigenvalue weighted by molar-refractivity contribution is -0.123. The fourth-order valence-electron chi connectivity index (χ4n) is 1.26. The van der Waals surface area contributed by atoms with Gasteiger partial charge in [0.1, 0.15) is 17.9 Å². The lowest BCUT2D eigenvalue weighted by Crippen LogP contribution is -2.34. The highest BCUT2D eigenvalue weighted by atomic mass is 19.4. The van der Waals surface area contributed by atoms with Gasteiger partial charge in [0.05, 0.1) is 6.20 Å². The SMILES string of the molecule is Cc1ncc2[nH]c(C(=O)NCC(F)(F)F)nc2n1. The standard InChI is InChI=1S/C9H8F3N5O/c1-4-13-2-5-6(15-4)17-7(16-5)8(18)14-3-9(10,11)12/h2H,3H2,1H3,(H,14,18)(H,13,15,16,17). The number of imidazole rings is 1. The molecule has 0 unspecified atom stereocenters. The summed E-state index contributed by atoms with van der Waals surface area (Å²) < 4.78 is 35.8. The number of hydrogen-bond acceptors (Lipinski definition) is 4. The lowest BCUT2D eigenvalue weighted by atomic mass is 10.5. The van der Waals surface area contributed by atoms with E-state index in [4.69, 9.17) is 0 Å². The summed E-state index contributed by atoms with van der Waals surface area (Å²) in [5.74, 6) is -0.714. The molecule has 0 aromatic carbocycles. The number of carbonyl (C=O) groups excluding carboxylic acids is 1. The van der Waals surface area contributed by atoms with Crippen molar-refractivity contribution in [1.29, 1.82) is 0 Å². The van der Waals surface area contributed by atoms with E-state index in [1.807, 2.05) is 0 Å². The average Bonchev–Trinajstić information content (AvgIpc) is 2.67. The molecule has 0 saturated heterocycles. The number of amides is 1. The van der Waals surface area contributed by atoms with Gasteiger partial charge >= 0.3 is 6.18 Å². The Labute approximate surface area is 98.6 Å². The van der Waals surface area contributed by atoms with Crippen LogP contribution in [0.4, 0.5) is 13.2 Å². The molecule has 0 bridgehead atoms. The fourth-order valence-corrected chi connectivity index (χ4v) is 1.26. The van der Waals surface area contributed by atoms with E-state index >= 15 is 0 Å². The van der Waals surface area contributed by atoms with Crippen molar-refractivity contribution in [2.24, 2.45) is 0 Å². The van der Waals surface area contributed by atoms with Gasteiger partial charge in [0.2, 0.25) is 0 Å². The quantitative estimate of drug-likeness (QED) is 0.841. The van der Waals surface area contributed by atoms with E-state index in [1.54, 1.807) is 12.2 Å². The highest BCUT2D eigenvalue weighted by Gasteiger charge is 2.28. The molecule has 2 N–H and O–H groups in total. The van der Waals surface area contributed by atoms with Crippen molar-refractivity contribution in [3.63, 3.8) is 0 Å². The Morgan fingerprint density at radius 3 is 2.83 bits per heavy atom. The third kappa shape index (κ3) is 2.73. The Hall–Kier alpha value is -2.19. The van der Waals surface area contributed by atoms with E-state index in [-0.39, 0.29) is 11.5 Å². The number of halogens is 3. The minimum absolute atomic E-state index is 0.228. The number of alkyl halides is 3. The van der Waals surface area contributed by atoms with Crippen LogP contribution in [-0.4, -0.2) is 38.6 Å². The van der Waals surface area contributed by atoms with Crippen LogP contribution in [0.3, 0.4) is 0 Å². The van der Waals surface area contributed by atoms with Crippen LogP contribution < -0.4 is 5.32 Å². The first-order valence-corrected chi connectivity index (χ1v) is 4.89. The summed E-state index contributed by atoms with van der Waals surface area (Å²) >= 11 is 0. The average molecular weight is 259 g/mol. The van der Waals surface area contributed by atoms with Crippen molar-refractivity contribution >= 4 is 17.1 Å². The van der Waals surface area contributed by atoms with Gasteiger partial charge in [-0.15, -0.1) is 0 Å². The van der Waals surface area contributed by atoms with Crippen LogP contribution >= 0.6 is 0 Å². The molecular formula is C9H8F3N5O. The van der Waals surface area contributed by atoms with Gasteiger partial charge in [-0.25, -0.2) is 15.0 Å². The van der Waals surface area contributed by atoms with Crippen molar-refractivity contribution in [3.05, 3.63) is 17.8 Å². The number of nitrogens with one attached hydrogen (secondary N) is 2. The van der Waals surface area contributed by atoms with E-state index in [0.29, 0.717) is 11.3 Å². The van der Waals surface area contributed by atoms with E-state index in [1.165, 1.54) is 6.20 Å². The molecule has 0 atom stereocenters. The maximum atomic E-state index is 11.9. The van der Waals surface area contributed by atoms with Gasteiger partial charge in [-0.2, -0.15) is 13.2 Å². The van der Waals surface area contributed by atoms with Crippen LogP contribution in [0.1, 0.15) is 16.4 Å². The highest BCUT2D eigenvalue weighted by molar-refractivity contribution is 5.93. The van der Waals surface area contributed by atoms with Gasteiger partial charge in [-0.05, 0) is 6.92 Å². The number of hydrogen-bond donors (Lipinski definition) is 2. The first-order chi connectivity index (χ1) is 8.35. The molecule has 1 amide bonds. The van der Waals surface area contributed by atoms with Gasteiger partial charge in [0.25, 0.3) is 5.91 Å². The number of aromatic nitrogens is 4. The van der Waals surface area contributed by atoms with E-state index in [2.05, 4.69) is 19.9 Å². The predicted molar refractivity (Wildman–Crippen MR) is 54.8 cm³/mol. The van der Waals surface area contributed by atoms with E-state index in [9.17, 15) is 18.0 Å². The minimum atomic E-state index is -4.46. The third-order valence-electron chi connectivity index (χ3n) is 2.02. The van der Waals surface area contributed by atoms with Crippen LogP contribution in [0.15, 0.2) is 6.20 Å². The van der Waals surface area contributed by atoms with Gasteiger partial charge < -0.3 is 10.3 Å². The van der Waals surface area contributed by atoms with Crippen molar-refractivity contribution < 1.29 is 18.0 Å². The number of rotatable bonds is 2. The van der Waals surface area contributed by atoms with Crippen molar-refractivity contribution in [2.45, 2.75) is 13.1 Å². The first kappa shape index (κ1) is 12.3. The Bertz CT molecular complexity index is 591. The normalized spacial score (nSPS) is 11.8. The summed E-state index contributed by atoms with van der Waals surface area (Å²) in [7, 11) is 0. The number of fused-ring (bicyclic) bond motifs is 1. The maximum Gasteiger partial charge on any atom is 0.405 e. The summed E-state index contributed by atoms with van der Waals surface area (Å²) in [6, 6.07) is 0. The zero-order valence-electron chi connectivity index (χ0n) is 9.17. The second-order valence-corrected chi connectivity index (χ2v) is 3.54. The smallest absolute Gasteiger partial charge is 0.340 e. The predicted octanol–water partition coefficient (Wildman–Crippen LogP) is 0.953. The Morgan fingerprint density at radius 2 is 2.17 bits per heavy atom. The Kier molecular flexibility index (Phi) is 2.89. The molecule has 2 aromatic rings. The van der Waals surface area contributed by atoms with E-state index in [0.717, 1.165) is 0 Å². The molecule has 2 heterocycles. The second-order valence-electron chi connectivity index (χ2n) is 3.54. The number of carbonyl (C=O) groups is 1. The molecule has 0 aliphatic carbocycles. The monoisotopic (exact) mass is 259 g/mol. The molecule has 2 rings (SSSR count). The zero-order chi connectivity index (χ0) is 13.3. The van der Waals surface area contributed by atoms with Crippen molar-refractivity contribution in [3.8, 4) is 0 Å². The van der Waals surface area contributed by atoms with Crippen molar-refractivity contribution in [2.75, 3.05) is 6.54 Å². The molecule has 0 aliphatic heterocycles. The molecule has 0 fully saturated rings. The van der Waals surface area contributed by atoms with Crippen molar-refractivity contribution in [1.82, 2.24) is 25.3 Å². The van der Waals surface area contributed by atoms with Gasteiger partial charge in [0, 0.05) is 0 Å². The molecule has 0 aliphatic rings. The van der Waals surface area contributed by atoms with Crippen LogP contribution in [-0.2, 0) is 0 Å². The minimum Gasteiger partial charge on any atom is -0.340 e. The second kappa shape index (κ2) is 4.24. The Morgan fingerprint density at radius 1 is 1.44 bits per heavy atom. The van der Waals surface area contributed by atoms with Gasteiger partial charge in [-0.3, -0.25) is 4.79 Å². The maximum absolute atomic E-state index is 11.9. The molecule has 0 spiro atoms. The summed E-state index contributed by atoms with van der Waals surface area (Å²) in [6.45, 7) is 0.227. The van der Waals surface area contributed by atoms with E-state index < -0.39 is 18.6 Å². The van der Waals surface area contributed by atoms with Crippen LogP contribution in [0.2, 0.25) is 0 Å². The molecule has 0 saturated carbocycles. The summed E-state index contributed by atoms with van der Waals surface area (Å²) in [4.78, 5) is 25.5. The molecule has 0 radical (unpaired) electrons. The first-order valence-electron chi connectivity index (χ1n) is 4.89. The van der Waals surface area contributed by atoms with Crippen LogP contribution in [0, 0.1) is 6.92 Å². The van der Waals surface area contributed by atoms with Crippen LogP contribution in [0.5, 0.6) is 0 Å². The number of H-pyrrole nitrogens is 1. The summed E-state index contributed by atoms with van der Waals surface area (Å²) in [6.07, 6.45) is -3.05.